The molecule has 26 heavy (non-hydrogen) atoms. The van der Waals surface area contributed by atoms with E-state index in [2.05, 4.69) is 52.8 Å². The van der Waals surface area contributed by atoms with Crippen LogP contribution in [-0.4, -0.2) is 32.3 Å². The van der Waals surface area contributed by atoms with E-state index in [4.69, 9.17) is 0 Å². The van der Waals surface area contributed by atoms with E-state index in [0.717, 1.165) is 25.1 Å². The molecule has 0 spiro atoms. The van der Waals surface area contributed by atoms with Crippen molar-refractivity contribution in [3.8, 4) is 0 Å². The first kappa shape index (κ1) is 15.6. The third kappa shape index (κ3) is 2.77. The minimum Gasteiger partial charge on any atom is -0.334 e. The Morgan fingerprint density at radius 3 is 2.81 bits per heavy atom. The second-order valence-corrected chi connectivity index (χ2v) is 7.43. The zero-order valence-electron chi connectivity index (χ0n) is 14.7. The monoisotopic (exact) mass is 346 g/mol. The average molecular weight is 346 g/mol. The molecule has 3 aromatic rings. The largest absolute Gasteiger partial charge is 0.334 e. The number of benzene rings is 2. The Bertz CT molecular complexity index is 954. The van der Waals surface area contributed by atoms with E-state index in [0.29, 0.717) is 5.92 Å². The highest BCUT2D eigenvalue weighted by Crippen LogP contribution is 2.39. The first-order valence-electron chi connectivity index (χ1n) is 9.47. The summed E-state index contributed by atoms with van der Waals surface area (Å²) in [6, 6.07) is 15.0. The summed E-state index contributed by atoms with van der Waals surface area (Å²) in [5, 5.41) is 10.9. The van der Waals surface area contributed by atoms with Crippen molar-refractivity contribution in [2.75, 3.05) is 6.54 Å². The molecular weight excluding hydrogens is 324 g/mol. The van der Waals surface area contributed by atoms with E-state index < -0.39 is 0 Å². The molecule has 0 radical (unpaired) electrons. The van der Waals surface area contributed by atoms with Crippen molar-refractivity contribution in [3.63, 3.8) is 0 Å². The van der Waals surface area contributed by atoms with Crippen molar-refractivity contribution in [3.05, 3.63) is 59.9 Å². The van der Waals surface area contributed by atoms with E-state index in [1.54, 1.807) is 4.68 Å². The molecule has 1 aromatic heterocycles. The molecule has 2 fully saturated rings. The topological polar surface area (TPSA) is 51.0 Å². The summed E-state index contributed by atoms with van der Waals surface area (Å²) in [4.78, 5) is 15.0. The molecule has 5 rings (SSSR count). The van der Waals surface area contributed by atoms with E-state index in [-0.39, 0.29) is 18.5 Å². The lowest BCUT2D eigenvalue weighted by molar-refractivity contribution is -0.133. The van der Waals surface area contributed by atoms with Gasteiger partial charge in [-0.05, 0) is 42.0 Å². The van der Waals surface area contributed by atoms with Crippen molar-refractivity contribution in [1.29, 1.82) is 0 Å². The van der Waals surface area contributed by atoms with Gasteiger partial charge < -0.3 is 4.90 Å². The molecule has 1 aliphatic heterocycles. The second kappa shape index (κ2) is 6.24. The first-order valence-corrected chi connectivity index (χ1v) is 9.47. The minimum absolute atomic E-state index is 0.132. The Morgan fingerprint density at radius 2 is 1.92 bits per heavy atom. The fourth-order valence-corrected chi connectivity index (χ4v) is 4.12. The number of carbonyl (C=O) groups excluding carboxylic acids is 1. The van der Waals surface area contributed by atoms with Crippen LogP contribution in [0.4, 0.5) is 0 Å². The Morgan fingerprint density at radius 1 is 1.08 bits per heavy atom. The number of hydrogen-bond donors (Lipinski definition) is 0. The van der Waals surface area contributed by atoms with Gasteiger partial charge in [0.1, 0.15) is 6.54 Å². The predicted molar refractivity (Wildman–Crippen MR) is 99.6 cm³/mol. The molecule has 2 heterocycles. The predicted octanol–water partition coefficient (Wildman–Crippen LogP) is 3.67. The SMILES string of the molecule is O=C(Cn1cc(C2CC2)nn1)N1CCCC1c1cccc2ccccc12. The summed E-state index contributed by atoms with van der Waals surface area (Å²) in [6.45, 7) is 1.10. The van der Waals surface area contributed by atoms with Gasteiger partial charge in [-0.2, -0.15) is 0 Å². The lowest BCUT2D eigenvalue weighted by Crippen LogP contribution is -2.33. The summed E-state index contributed by atoms with van der Waals surface area (Å²) in [5.41, 5.74) is 2.29. The maximum Gasteiger partial charge on any atom is 0.244 e. The van der Waals surface area contributed by atoms with Crippen LogP contribution in [-0.2, 0) is 11.3 Å². The number of hydrogen-bond acceptors (Lipinski definition) is 3. The Labute approximate surface area is 152 Å². The van der Waals surface area contributed by atoms with Crippen molar-refractivity contribution in [2.24, 2.45) is 0 Å². The van der Waals surface area contributed by atoms with Crippen LogP contribution in [0.3, 0.4) is 0 Å². The van der Waals surface area contributed by atoms with Gasteiger partial charge in [0.15, 0.2) is 0 Å². The molecule has 0 N–H and O–H groups in total. The summed E-state index contributed by atoms with van der Waals surface area (Å²) < 4.78 is 1.70. The van der Waals surface area contributed by atoms with Crippen LogP contribution < -0.4 is 0 Å². The fraction of sp³-hybridized carbons (Fsp3) is 0.381. The second-order valence-electron chi connectivity index (χ2n) is 7.43. The standard InChI is InChI=1S/C21H22N4O/c26-21(14-24-13-19(22-23-24)16-10-11-16)25-12-4-9-20(25)18-8-3-6-15-5-1-2-7-17(15)18/h1-3,5-8,13,16,20H,4,9-12,14H2. The number of likely N-dealkylation sites (tertiary alicyclic amines) is 1. The van der Waals surface area contributed by atoms with Gasteiger partial charge in [0, 0.05) is 18.7 Å². The number of aromatic nitrogens is 3. The van der Waals surface area contributed by atoms with Crippen molar-refractivity contribution < 1.29 is 4.79 Å². The van der Waals surface area contributed by atoms with Gasteiger partial charge in [0.2, 0.25) is 5.91 Å². The van der Waals surface area contributed by atoms with Crippen LogP contribution in [0, 0.1) is 0 Å². The molecule has 0 bridgehead atoms. The van der Waals surface area contributed by atoms with E-state index in [9.17, 15) is 4.79 Å². The molecule has 1 saturated carbocycles. The molecule has 2 aliphatic rings. The van der Waals surface area contributed by atoms with Gasteiger partial charge in [0.25, 0.3) is 0 Å². The van der Waals surface area contributed by atoms with Crippen LogP contribution in [0.15, 0.2) is 48.7 Å². The summed E-state index contributed by atoms with van der Waals surface area (Å²) in [5.74, 6) is 0.696. The molecule has 1 atom stereocenters. The minimum atomic E-state index is 0.132. The summed E-state index contributed by atoms with van der Waals surface area (Å²) in [7, 11) is 0. The van der Waals surface area contributed by atoms with Gasteiger partial charge in [-0.15, -0.1) is 5.10 Å². The lowest BCUT2D eigenvalue weighted by atomic mass is 9.97. The van der Waals surface area contributed by atoms with Crippen LogP contribution in [0.2, 0.25) is 0 Å². The highest BCUT2D eigenvalue weighted by molar-refractivity contribution is 5.87. The lowest BCUT2D eigenvalue weighted by Gasteiger charge is -2.26. The molecule has 2 aromatic carbocycles. The average Bonchev–Trinajstić information content (AvgIpc) is 3.22. The van der Waals surface area contributed by atoms with E-state index >= 15 is 0 Å². The normalized spacial score (nSPS) is 20.0. The highest BCUT2D eigenvalue weighted by Gasteiger charge is 2.31. The van der Waals surface area contributed by atoms with E-state index in [1.165, 1.54) is 29.2 Å². The van der Waals surface area contributed by atoms with Crippen molar-refractivity contribution in [2.45, 2.75) is 44.2 Å². The van der Waals surface area contributed by atoms with Crippen LogP contribution in [0.1, 0.15) is 48.9 Å². The number of amides is 1. The molecular formula is C21H22N4O. The maximum absolute atomic E-state index is 13.0. The first-order chi connectivity index (χ1) is 12.8. The van der Waals surface area contributed by atoms with Gasteiger partial charge in [-0.3, -0.25) is 4.79 Å². The van der Waals surface area contributed by atoms with Crippen molar-refractivity contribution >= 4 is 16.7 Å². The van der Waals surface area contributed by atoms with Crippen molar-refractivity contribution in [1.82, 2.24) is 19.9 Å². The zero-order chi connectivity index (χ0) is 17.5. The van der Waals surface area contributed by atoms with Gasteiger partial charge >= 0.3 is 0 Å². The molecule has 1 saturated heterocycles. The Hall–Kier alpha value is -2.69. The van der Waals surface area contributed by atoms with Crippen LogP contribution in [0.5, 0.6) is 0 Å². The molecule has 1 aliphatic carbocycles. The molecule has 1 amide bonds. The highest BCUT2D eigenvalue weighted by atomic mass is 16.2. The van der Waals surface area contributed by atoms with Crippen LogP contribution >= 0.6 is 0 Å². The van der Waals surface area contributed by atoms with Gasteiger partial charge in [-0.25, -0.2) is 4.68 Å². The maximum atomic E-state index is 13.0. The summed E-state index contributed by atoms with van der Waals surface area (Å²) in [6.07, 6.45) is 6.40. The number of carbonyl (C=O) groups is 1. The molecule has 132 valence electrons. The Balaban J connectivity index is 1.39. The molecule has 1 unspecified atom stereocenters. The fourth-order valence-electron chi connectivity index (χ4n) is 4.12. The summed E-state index contributed by atoms with van der Waals surface area (Å²) >= 11 is 0. The van der Waals surface area contributed by atoms with Crippen LogP contribution in [0.25, 0.3) is 10.8 Å². The zero-order valence-corrected chi connectivity index (χ0v) is 14.7. The third-order valence-electron chi connectivity index (χ3n) is 5.60. The van der Waals surface area contributed by atoms with E-state index in [1.807, 2.05) is 11.1 Å². The Kier molecular flexibility index (Phi) is 3.73. The molecule has 5 heteroatoms. The number of fused-ring (bicyclic) bond motifs is 1. The molecule has 5 nitrogen and oxygen atoms in total. The number of nitrogens with zero attached hydrogens (tertiary/aromatic N) is 4. The quantitative estimate of drug-likeness (QED) is 0.724. The number of rotatable bonds is 4. The van der Waals surface area contributed by atoms with Gasteiger partial charge in [-0.1, -0.05) is 47.7 Å². The van der Waals surface area contributed by atoms with Gasteiger partial charge in [0.05, 0.1) is 11.7 Å². The smallest absolute Gasteiger partial charge is 0.244 e. The third-order valence-corrected chi connectivity index (χ3v) is 5.60.